The van der Waals surface area contributed by atoms with E-state index in [9.17, 15) is 9.59 Å². The zero-order valence-corrected chi connectivity index (χ0v) is 21.2. The smallest absolute Gasteiger partial charge is 0.273 e. The molecule has 37 heavy (non-hydrogen) atoms. The van der Waals surface area contributed by atoms with Crippen LogP contribution in [-0.4, -0.2) is 52.8 Å². The predicted molar refractivity (Wildman–Crippen MR) is 154 cm³/mol. The summed E-state index contributed by atoms with van der Waals surface area (Å²) in [6, 6.07) is 15.7. The molecular formula is C32H33N3O2. The summed E-state index contributed by atoms with van der Waals surface area (Å²) >= 11 is 0. The van der Waals surface area contributed by atoms with E-state index in [1.165, 1.54) is 0 Å². The van der Waals surface area contributed by atoms with Crippen molar-refractivity contribution in [1.82, 2.24) is 14.8 Å². The number of amides is 2. The van der Waals surface area contributed by atoms with Crippen LogP contribution in [0.3, 0.4) is 0 Å². The van der Waals surface area contributed by atoms with E-state index in [4.69, 9.17) is 4.98 Å². The van der Waals surface area contributed by atoms with Gasteiger partial charge in [-0.05, 0) is 28.5 Å². The maximum absolute atomic E-state index is 13.9. The van der Waals surface area contributed by atoms with E-state index < -0.39 is 0 Å². The average Bonchev–Trinajstić information content (AvgIpc) is 2.92. The minimum absolute atomic E-state index is 0.213. The molecule has 2 aromatic carbocycles. The first-order chi connectivity index (χ1) is 18.0. The number of hydrogen-bond acceptors (Lipinski definition) is 3. The summed E-state index contributed by atoms with van der Waals surface area (Å²) in [5.74, 6) is -0.595. The molecule has 2 amide bonds. The summed E-state index contributed by atoms with van der Waals surface area (Å²) in [5, 5.41) is 1.49. The number of hydrogen-bond donors (Lipinski definition) is 0. The molecule has 0 saturated heterocycles. The van der Waals surface area contributed by atoms with Crippen LogP contribution in [0, 0.1) is 0 Å². The number of nitrogens with zero attached hydrogens (tertiary/aromatic N) is 3. The first-order valence-corrected chi connectivity index (χ1v) is 12.2. The Balaban J connectivity index is 2.45. The van der Waals surface area contributed by atoms with Gasteiger partial charge in [-0.25, -0.2) is 4.98 Å². The maximum Gasteiger partial charge on any atom is 0.273 e. The molecule has 1 aromatic heterocycles. The van der Waals surface area contributed by atoms with Crippen LogP contribution < -0.4 is 0 Å². The topological polar surface area (TPSA) is 53.5 Å². The Bertz CT molecular complexity index is 1320. The molecule has 188 valence electrons. The summed E-state index contributed by atoms with van der Waals surface area (Å²) in [6.45, 7) is 20.4. The minimum Gasteiger partial charge on any atom is -0.330 e. The van der Waals surface area contributed by atoms with Crippen LogP contribution >= 0.6 is 0 Å². The molecule has 1 heterocycles. The Hall–Kier alpha value is -4.51. The van der Waals surface area contributed by atoms with Gasteiger partial charge in [-0.1, -0.05) is 78.9 Å². The van der Waals surface area contributed by atoms with Crippen LogP contribution in [0.4, 0.5) is 0 Å². The largest absolute Gasteiger partial charge is 0.330 e. The summed E-state index contributed by atoms with van der Waals surface area (Å²) < 4.78 is 0. The molecule has 0 N–H and O–H groups in total. The van der Waals surface area contributed by atoms with Crippen molar-refractivity contribution in [3.05, 3.63) is 129 Å². The van der Waals surface area contributed by atoms with E-state index in [-0.39, 0.29) is 23.2 Å². The molecule has 3 aromatic rings. The SMILES string of the molecule is C=CCc1c(C(=O)N(CC=C)CC=C)nc(C(=O)N(CC=C)CC=C)c2cccc(-c3ccccc3)c12. The van der Waals surface area contributed by atoms with Crippen LogP contribution in [-0.2, 0) is 6.42 Å². The third-order valence-corrected chi connectivity index (χ3v) is 5.94. The van der Waals surface area contributed by atoms with Gasteiger partial charge in [-0.3, -0.25) is 9.59 Å². The average molecular weight is 492 g/mol. The van der Waals surface area contributed by atoms with E-state index in [1.807, 2.05) is 48.5 Å². The van der Waals surface area contributed by atoms with Crippen LogP contribution in [0.2, 0.25) is 0 Å². The Morgan fingerprint density at radius 1 is 0.676 bits per heavy atom. The summed E-state index contributed by atoms with van der Waals surface area (Å²) in [4.78, 5) is 35.7. The van der Waals surface area contributed by atoms with E-state index in [0.717, 1.165) is 22.1 Å². The van der Waals surface area contributed by atoms with Crippen molar-refractivity contribution in [3.63, 3.8) is 0 Å². The molecule has 0 aliphatic carbocycles. The van der Waals surface area contributed by atoms with Gasteiger partial charge in [0, 0.05) is 31.6 Å². The minimum atomic E-state index is -0.298. The van der Waals surface area contributed by atoms with E-state index in [1.54, 1.807) is 40.2 Å². The Labute approximate surface area is 219 Å². The zero-order chi connectivity index (χ0) is 26.8. The second-order valence-corrected chi connectivity index (χ2v) is 8.45. The maximum atomic E-state index is 13.9. The Kier molecular flexibility index (Phi) is 9.50. The highest BCUT2D eigenvalue weighted by Crippen LogP contribution is 2.35. The molecule has 0 aliphatic heterocycles. The van der Waals surface area contributed by atoms with Crippen molar-refractivity contribution in [3.8, 4) is 11.1 Å². The zero-order valence-electron chi connectivity index (χ0n) is 21.2. The molecule has 0 fully saturated rings. The van der Waals surface area contributed by atoms with Gasteiger partial charge in [0.05, 0.1) is 0 Å². The molecular weight excluding hydrogens is 458 g/mol. The molecule has 0 aliphatic rings. The Morgan fingerprint density at radius 2 is 1.22 bits per heavy atom. The van der Waals surface area contributed by atoms with Gasteiger partial charge in [0.2, 0.25) is 0 Å². The van der Waals surface area contributed by atoms with Gasteiger partial charge in [0.25, 0.3) is 11.8 Å². The number of aromatic nitrogens is 1. The van der Waals surface area contributed by atoms with Crippen molar-refractivity contribution in [2.24, 2.45) is 0 Å². The van der Waals surface area contributed by atoms with Gasteiger partial charge in [0.15, 0.2) is 0 Å². The highest BCUT2D eigenvalue weighted by atomic mass is 16.2. The van der Waals surface area contributed by atoms with Gasteiger partial charge in [0.1, 0.15) is 11.4 Å². The van der Waals surface area contributed by atoms with Crippen LogP contribution in [0.5, 0.6) is 0 Å². The van der Waals surface area contributed by atoms with Crippen LogP contribution in [0.1, 0.15) is 26.5 Å². The van der Waals surface area contributed by atoms with Gasteiger partial charge < -0.3 is 9.80 Å². The first kappa shape index (κ1) is 27.1. The standard InChI is InChI=1S/C32H33N3O2/c1-6-15-26-28-25(24-16-12-11-13-17-24)18-14-19-27(28)30(32(37)35(22-9-4)23-10-5)33-29(26)31(36)34(20-7-2)21-8-3/h6-14,16-19H,1-5,15,20-23H2. The van der Waals surface area contributed by atoms with Crippen LogP contribution in [0.15, 0.2) is 112 Å². The summed E-state index contributed by atoms with van der Waals surface area (Å²) in [7, 11) is 0. The lowest BCUT2D eigenvalue weighted by molar-refractivity contribution is 0.0779. The molecule has 3 rings (SSSR count). The van der Waals surface area contributed by atoms with Crippen molar-refractivity contribution in [1.29, 1.82) is 0 Å². The molecule has 5 nitrogen and oxygen atoms in total. The number of benzene rings is 2. The molecule has 0 radical (unpaired) electrons. The number of rotatable bonds is 13. The van der Waals surface area contributed by atoms with Crippen molar-refractivity contribution in [2.45, 2.75) is 6.42 Å². The van der Waals surface area contributed by atoms with E-state index in [0.29, 0.717) is 38.0 Å². The monoisotopic (exact) mass is 491 g/mol. The molecule has 0 unspecified atom stereocenters. The third kappa shape index (κ3) is 5.84. The second-order valence-electron chi connectivity index (χ2n) is 8.45. The second kappa shape index (κ2) is 13.0. The van der Waals surface area contributed by atoms with Crippen molar-refractivity contribution in [2.75, 3.05) is 26.2 Å². The lowest BCUT2D eigenvalue weighted by Crippen LogP contribution is -2.35. The third-order valence-electron chi connectivity index (χ3n) is 5.94. The normalized spacial score (nSPS) is 10.4. The molecule has 5 heteroatoms. The lowest BCUT2D eigenvalue weighted by Gasteiger charge is -2.24. The number of fused-ring (bicyclic) bond motifs is 1. The quantitative estimate of drug-likeness (QED) is 0.265. The van der Waals surface area contributed by atoms with Gasteiger partial charge >= 0.3 is 0 Å². The summed E-state index contributed by atoms with van der Waals surface area (Å²) in [5.41, 5.74) is 3.05. The van der Waals surface area contributed by atoms with Gasteiger partial charge in [-0.15, -0.1) is 32.9 Å². The number of pyridine rings is 1. The molecule has 0 spiro atoms. The fourth-order valence-electron chi connectivity index (χ4n) is 4.38. The van der Waals surface area contributed by atoms with Crippen molar-refractivity contribution >= 4 is 22.6 Å². The fourth-order valence-corrected chi connectivity index (χ4v) is 4.38. The van der Waals surface area contributed by atoms with Gasteiger partial charge in [-0.2, -0.15) is 0 Å². The van der Waals surface area contributed by atoms with Crippen molar-refractivity contribution < 1.29 is 9.59 Å². The highest BCUT2D eigenvalue weighted by molar-refractivity contribution is 6.13. The summed E-state index contributed by atoms with van der Waals surface area (Å²) in [6.07, 6.45) is 8.80. The molecule has 0 bridgehead atoms. The lowest BCUT2D eigenvalue weighted by atomic mass is 9.91. The molecule has 0 saturated carbocycles. The number of carbonyl (C=O) groups is 2. The number of carbonyl (C=O) groups excluding carboxylic acids is 2. The Morgan fingerprint density at radius 3 is 1.73 bits per heavy atom. The fraction of sp³-hybridized carbons (Fsp3) is 0.156. The van der Waals surface area contributed by atoms with E-state index in [2.05, 4.69) is 32.9 Å². The highest BCUT2D eigenvalue weighted by Gasteiger charge is 2.27. The van der Waals surface area contributed by atoms with Crippen LogP contribution in [0.25, 0.3) is 21.9 Å². The van der Waals surface area contributed by atoms with E-state index >= 15 is 0 Å². The predicted octanol–water partition coefficient (Wildman–Crippen LogP) is 6.26. The first-order valence-electron chi connectivity index (χ1n) is 12.2. The molecule has 0 atom stereocenters. The number of allylic oxidation sites excluding steroid dienone is 1.